The van der Waals surface area contributed by atoms with E-state index in [4.69, 9.17) is 4.74 Å². The van der Waals surface area contributed by atoms with Crippen LogP contribution in [0.5, 0.6) is 0 Å². The van der Waals surface area contributed by atoms with Gasteiger partial charge in [-0.3, -0.25) is 14.7 Å². The normalized spacial score (nSPS) is 32.6. The molecular formula is C24H36N4O2. The van der Waals surface area contributed by atoms with Gasteiger partial charge in [0.25, 0.3) is 5.91 Å². The number of morpholine rings is 1. The minimum absolute atomic E-state index is 0.0237. The van der Waals surface area contributed by atoms with Gasteiger partial charge in [-0.05, 0) is 51.4 Å². The molecule has 6 heteroatoms. The zero-order valence-electron chi connectivity index (χ0n) is 18.7. The smallest absolute Gasteiger partial charge is 0.271 e. The Balaban J connectivity index is 1.43. The summed E-state index contributed by atoms with van der Waals surface area (Å²) in [6.07, 6.45) is 12.4. The van der Waals surface area contributed by atoms with Gasteiger partial charge in [0.05, 0.1) is 24.5 Å². The molecule has 164 valence electrons. The van der Waals surface area contributed by atoms with E-state index in [-0.39, 0.29) is 17.6 Å². The van der Waals surface area contributed by atoms with Crippen LogP contribution in [0.2, 0.25) is 0 Å². The third-order valence-corrected chi connectivity index (χ3v) is 7.28. The number of aryl methyl sites for hydroxylation is 1. The van der Waals surface area contributed by atoms with Crippen LogP contribution in [0.4, 0.5) is 0 Å². The molecule has 30 heavy (non-hydrogen) atoms. The van der Waals surface area contributed by atoms with Crippen LogP contribution in [0.3, 0.4) is 0 Å². The third kappa shape index (κ3) is 4.75. The lowest BCUT2D eigenvalue weighted by Gasteiger charge is -2.50. The maximum absolute atomic E-state index is 12.8. The highest BCUT2D eigenvalue weighted by Crippen LogP contribution is 2.36. The van der Waals surface area contributed by atoms with Gasteiger partial charge in [0.15, 0.2) is 0 Å². The van der Waals surface area contributed by atoms with Crippen molar-refractivity contribution in [3.8, 4) is 0 Å². The number of carbonyl (C=O) groups is 1. The summed E-state index contributed by atoms with van der Waals surface area (Å²) in [5.41, 5.74) is 2.45. The predicted molar refractivity (Wildman–Crippen MR) is 117 cm³/mol. The van der Waals surface area contributed by atoms with Crippen molar-refractivity contribution in [1.82, 2.24) is 20.2 Å². The molecule has 1 aromatic rings. The minimum atomic E-state index is -0.284. The summed E-state index contributed by atoms with van der Waals surface area (Å²) in [7, 11) is 0. The molecule has 0 aromatic carbocycles. The molecule has 3 aliphatic rings. The van der Waals surface area contributed by atoms with E-state index in [1.165, 1.54) is 18.4 Å². The molecule has 1 N–H and O–H groups in total. The highest BCUT2D eigenvalue weighted by molar-refractivity contribution is 5.92. The van der Waals surface area contributed by atoms with Gasteiger partial charge in [-0.25, -0.2) is 4.98 Å². The van der Waals surface area contributed by atoms with Crippen molar-refractivity contribution < 1.29 is 9.53 Å². The van der Waals surface area contributed by atoms with Crippen molar-refractivity contribution >= 4 is 5.91 Å². The maximum Gasteiger partial charge on any atom is 0.271 e. The first kappa shape index (κ1) is 21.4. The molecule has 2 fully saturated rings. The van der Waals surface area contributed by atoms with E-state index in [1.54, 1.807) is 12.4 Å². The fourth-order valence-electron chi connectivity index (χ4n) is 5.49. The van der Waals surface area contributed by atoms with Crippen LogP contribution in [0, 0.1) is 18.8 Å². The standard InChI is InChI=1S/C24H36N4O2/c1-17-7-8-20(18(2)12-17)15-28-10-11-30-24(16-28)9-5-4-6-22(24)27-23(29)21-14-25-19(3)13-26-21/h12-14,18,20,22H,4-11,15-16H2,1-3H3,(H,27,29)/t18-,20-,22-,24+/m0/s1. The zero-order valence-corrected chi connectivity index (χ0v) is 18.7. The first-order valence-corrected chi connectivity index (χ1v) is 11.6. The van der Waals surface area contributed by atoms with Gasteiger partial charge < -0.3 is 10.1 Å². The monoisotopic (exact) mass is 412 g/mol. The molecule has 2 heterocycles. The summed E-state index contributed by atoms with van der Waals surface area (Å²) in [4.78, 5) is 23.9. The van der Waals surface area contributed by atoms with Crippen molar-refractivity contribution in [1.29, 1.82) is 0 Å². The minimum Gasteiger partial charge on any atom is -0.370 e. The lowest BCUT2D eigenvalue weighted by molar-refractivity contribution is -0.144. The van der Waals surface area contributed by atoms with E-state index in [9.17, 15) is 4.79 Å². The molecule has 1 spiro atoms. The number of aromatic nitrogens is 2. The van der Waals surface area contributed by atoms with E-state index in [0.29, 0.717) is 17.5 Å². The van der Waals surface area contributed by atoms with Crippen LogP contribution < -0.4 is 5.32 Å². The summed E-state index contributed by atoms with van der Waals surface area (Å²) >= 11 is 0. The second-order valence-corrected chi connectivity index (χ2v) is 9.63. The Morgan fingerprint density at radius 1 is 1.27 bits per heavy atom. The molecule has 0 unspecified atom stereocenters. The van der Waals surface area contributed by atoms with Gasteiger partial charge in [-0.1, -0.05) is 31.4 Å². The Labute approximate surface area is 180 Å². The van der Waals surface area contributed by atoms with Crippen molar-refractivity contribution in [2.75, 3.05) is 26.2 Å². The molecule has 0 bridgehead atoms. The summed E-state index contributed by atoms with van der Waals surface area (Å²) < 4.78 is 6.43. The molecular weight excluding hydrogens is 376 g/mol. The average Bonchev–Trinajstić information content (AvgIpc) is 2.73. The molecule has 6 nitrogen and oxygen atoms in total. The molecule has 1 saturated heterocycles. The van der Waals surface area contributed by atoms with E-state index in [2.05, 4.69) is 40.1 Å². The molecule has 1 saturated carbocycles. The fraction of sp³-hybridized carbons (Fsp3) is 0.708. The number of nitrogens with zero attached hydrogens (tertiary/aromatic N) is 3. The number of allylic oxidation sites excluding steroid dienone is 2. The van der Waals surface area contributed by atoms with Crippen LogP contribution in [0.1, 0.15) is 68.6 Å². The van der Waals surface area contributed by atoms with E-state index < -0.39 is 0 Å². The molecule has 0 radical (unpaired) electrons. The number of hydrogen-bond acceptors (Lipinski definition) is 5. The van der Waals surface area contributed by atoms with Gasteiger partial charge in [0.1, 0.15) is 11.3 Å². The highest BCUT2D eigenvalue weighted by atomic mass is 16.5. The quantitative estimate of drug-likeness (QED) is 0.767. The van der Waals surface area contributed by atoms with Crippen LogP contribution >= 0.6 is 0 Å². The van der Waals surface area contributed by atoms with Crippen LogP contribution in [0.25, 0.3) is 0 Å². The Hall–Kier alpha value is -1.79. The highest BCUT2D eigenvalue weighted by Gasteiger charge is 2.46. The van der Waals surface area contributed by atoms with Crippen molar-refractivity contribution in [2.24, 2.45) is 11.8 Å². The van der Waals surface area contributed by atoms with E-state index >= 15 is 0 Å². The third-order valence-electron chi connectivity index (χ3n) is 7.28. The predicted octanol–water partition coefficient (Wildman–Crippen LogP) is 3.52. The molecule has 1 amide bonds. The van der Waals surface area contributed by atoms with E-state index in [0.717, 1.165) is 57.6 Å². The molecule has 2 aliphatic carbocycles. The zero-order chi connectivity index (χ0) is 21.1. The maximum atomic E-state index is 12.8. The molecule has 1 aliphatic heterocycles. The van der Waals surface area contributed by atoms with Gasteiger partial charge in [-0.2, -0.15) is 0 Å². The first-order chi connectivity index (χ1) is 14.4. The van der Waals surface area contributed by atoms with Crippen LogP contribution in [-0.4, -0.2) is 58.7 Å². The summed E-state index contributed by atoms with van der Waals surface area (Å²) in [6, 6.07) is 0.0237. The SMILES string of the molecule is CC1=C[C@H](C)[C@H](CN2CCO[C@]3(CCCC[C@@H]3NC(=O)c3cnc(C)cn3)C2)CC1. The summed E-state index contributed by atoms with van der Waals surface area (Å²) in [5.74, 6) is 1.21. The number of hydrogen-bond donors (Lipinski definition) is 1. The van der Waals surface area contributed by atoms with Gasteiger partial charge >= 0.3 is 0 Å². The largest absolute Gasteiger partial charge is 0.370 e. The summed E-state index contributed by atoms with van der Waals surface area (Å²) in [5, 5.41) is 3.25. The van der Waals surface area contributed by atoms with Crippen LogP contribution in [-0.2, 0) is 4.74 Å². The number of nitrogens with one attached hydrogen (secondary N) is 1. The number of ether oxygens (including phenoxy) is 1. The Bertz CT molecular complexity index is 774. The number of carbonyl (C=O) groups excluding carboxylic acids is 1. The van der Waals surface area contributed by atoms with Gasteiger partial charge in [-0.15, -0.1) is 0 Å². The fourth-order valence-corrected chi connectivity index (χ4v) is 5.49. The molecule has 1 aromatic heterocycles. The summed E-state index contributed by atoms with van der Waals surface area (Å²) in [6.45, 7) is 10.2. The Morgan fingerprint density at radius 3 is 2.90 bits per heavy atom. The topological polar surface area (TPSA) is 67.3 Å². The second-order valence-electron chi connectivity index (χ2n) is 9.63. The van der Waals surface area contributed by atoms with Crippen LogP contribution in [0.15, 0.2) is 24.0 Å². The lowest BCUT2D eigenvalue weighted by Crippen LogP contribution is -2.64. The first-order valence-electron chi connectivity index (χ1n) is 11.6. The number of amides is 1. The van der Waals surface area contributed by atoms with Gasteiger partial charge in [0.2, 0.25) is 0 Å². The van der Waals surface area contributed by atoms with E-state index in [1.807, 2.05) is 6.92 Å². The second kappa shape index (κ2) is 9.15. The Kier molecular flexibility index (Phi) is 6.54. The number of rotatable bonds is 4. The van der Waals surface area contributed by atoms with Crippen molar-refractivity contribution in [3.05, 3.63) is 35.4 Å². The van der Waals surface area contributed by atoms with Crippen molar-refractivity contribution in [3.63, 3.8) is 0 Å². The molecule has 4 rings (SSSR count). The van der Waals surface area contributed by atoms with Crippen molar-refractivity contribution in [2.45, 2.75) is 70.9 Å². The molecule has 4 atom stereocenters. The lowest BCUT2D eigenvalue weighted by atomic mass is 9.77. The Morgan fingerprint density at radius 2 is 2.13 bits per heavy atom. The van der Waals surface area contributed by atoms with Gasteiger partial charge in [0, 0.05) is 25.8 Å². The average molecular weight is 413 g/mol.